The molecule has 2 unspecified atom stereocenters. The SMILES string of the molecule is CCCN(C(=O)CCC1NC(=O)N(c2ccc(Cl)cc2)C1=O)C1CCNC1. The summed E-state index contributed by atoms with van der Waals surface area (Å²) in [6.45, 7) is 4.50. The van der Waals surface area contributed by atoms with Gasteiger partial charge >= 0.3 is 6.03 Å². The standard InChI is InChI=1S/C19H25ClN4O3/c1-2-11-23(15-9-10-21-12-15)17(25)8-7-16-18(26)24(19(27)22-16)14-5-3-13(20)4-6-14/h3-6,15-16,21H,2,7-12H2,1H3,(H,22,27). The number of urea groups is 1. The van der Waals surface area contributed by atoms with Gasteiger partial charge in [0.2, 0.25) is 5.91 Å². The molecule has 0 radical (unpaired) electrons. The summed E-state index contributed by atoms with van der Waals surface area (Å²) in [4.78, 5) is 40.6. The van der Waals surface area contributed by atoms with Crippen molar-refractivity contribution in [3.63, 3.8) is 0 Å². The first-order valence-corrected chi connectivity index (χ1v) is 9.79. The van der Waals surface area contributed by atoms with Gasteiger partial charge in [-0.2, -0.15) is 0 Å². The van der Waals surface area contributed by atoms with E-state index in [1.54, 1.807) is 24.3 Å². The Bertz CT molecular complexity index is 703. The van der Waals surface area contributed by atoms with E-state index in [1.165, 1.54) is 0 Å². The number of carbonyl (C=O) groups is 3. The molecule has 27 heavy (non-hydrogen) atoms. The zero-order valence-corrected chi connectivity index (χ0v) is 16.2. The Morgan fingerprint density at radius 3 is 2.67 bits per heavy atom. The summed E-state index contributed by atoms with van der Waals surface area (Å²) in [5.74, 6) is -0.294. The predicted molar refractivity (Wildman–Crippen MR) is 104 cm³/mol. The van der Waals surface area contributed by atoms with Crippen LogP contribution in [0.1, 0.15) is 32.6 Å². The van der Waals surface area contributed by atoms with Gasteiger partial charge in [-0.3, -0.25) is 9.59 Å². The second kappa shape index (κ2) is 8.71. The first kappa shape index (κ1) is 19.6. The molecule has 0 aliphatic carbocycles. The van der Waals surface area contributed by atoms with Gasteiger partial charge in [0, 0.05) is 30.6 Å². The number of hydrogen-bond donors (Lipinski definition) is 2. The third-order valence-electron chi connectivity index (χ3n) is 5.01. The van der Waals surface area contributed by atoms with Gasteiger partial charge in [-0.05, 0) is 50.1 Å². The van der Waals surface area contributed by atoms with E-state index in [0.717, 1.165) is 30.8 Å². The summed E-state index contributed by atoms with van der Waals surface area (Å²) in [5.41, 5.74) is 0.473. The summed E-state index contributed by atoms with van der Waals surface area (Å²) >= 11 is 5.86. The molecular formula is C19H25ClN4O3. The number of hydrogen-bond acceptors (Lipinski definition) is 4. The van der Waals surface area contributed by atoms with E-state index in [0.29, 0.717) is 23.7 Å². The fraction of sp³-hybridized carbons (Fsp3) is 0.526. The third-order valence-corrected chi connectivity index (χ3v) is 5.26. The van der Waals surface area contributed by atoms with Crippen LogP contribution in [0.15, 0.2) is 24.3 Å². The lowest BCUT2D eigenvalue weighted by Gasteiger charge is -2.28. The Morgan fingerprint density at radius 2 is 2.04 bits per heavy atom. The van der Waals surface area contributed by atoms with Crippen LogP contribution in [0.4, 0.5) is 10.5 Å². The Morgan fingerprint density at radius 1 is 1.30 bits per heavy atom. The zero-order chi connectivity index (χ0) is 19.4. The summed E-state index contributed by atoms with van der Waals surface area (Å²) in [5, 5.41) is 6.50. The van der Waals surface area contributed by atoms with Gasteiger partial charge in [-0.15, -0.1) is 0 Å². The molecule has 0 bridgehead atoms. The van der Waals surface area contributed by atoms with Crippen LogP contribution in [-0.4, -0.2) is 54.5 Å². The number of nitrogens with one attached hydrogen (secondary N) is 2. The fourth-order valence-electron chi connectivity index (χ4n) is 3.63. The monoisotopic (exact) mass is 392 g/mol. The van der Waals surface area contributed by atoms with Gasteiger partial charge < -0.3 is 15.5 Å². The molecule has 2 aliphatic heterocycles. The summed E-state index contributed by atoms with van der Waals surface area (Å²) in [6.07, 6.45) is 2.39. The first-order valence-electron chi connectivity index (χ1n) is 9.41. The van der Waals surface area contributed by atoms with Crippen LogP contribution in [0.3, 0.4) is 0 Å². The van der Waals surface area contributed by atoms with E-state index in [9.17, 15) is 14.4 Å². The maximum Gasteiger partial charge on any atom is 0.329 e. The average molecular weight is 393 g/mol. The molecular weight excluding hydrogens is 368 g/mol. The van der Waals surface area contributed by atoms with Crippen LogP contribution in [0.2, 0.25) is 5.02 Å². The molecule has 8 heteroatoms. The third kappa shape index (κ3) is 4.42. The van der Waals surface area contributed by atoms with Crippen molar-refractivity contribution < 1.29 is 14.4 Å². The van der Waals surface area contributed by atoms with Crippen molar-refractivity contribution in [1.29, 1.82) is 0 Å². The molecule has 3 rings (SSSR count). The van der Waals surface area contributed by atoms with Gasteiger partial charge in [0.1, 0.15) is 6.04 Å². The molecule has 2 heterocycles. The van der Waals surface area contributed by atoms with Crippen LogP contribution < -0.4 is 15.5 Å². The van der Waals surface area contributed by atoms with E-state index < -0.39 is 12.1 Å². The Hall–Kier alpha value is -2.12. The normalized spacial score (nSPS) is 22.2. The minimum atomic E-state index is -0.678. The lowest BCUT2D eigenvalue weighted by atomic mass is 10.1. The number of benzene rings is 1. The van der Waals surface area contributed by atoms with Crippen molar-refractivity contribution in [1.82, 2.24) is 15.5 Å². The smallest absolute Gasteiger partial charge is 0.329 e. The molecule has 1 aromatic carbocycles. The van der Waals surface area contributed by atoms with E-state index >= 15 is 0 Å². The number of nitrogens with zero attached hydrogens (tertiary/aromatic N) is 2. The number of amides is 4. The van der Waals surface area contributed by atoms with Crippen molar-refractivity contribution in [3.8, 4) is 0 Å². The van der Waals surface area contributed by atoms with E-state index in [-0.39, 0.29) is 24.3 Å². The molecule has 0 aromatic heterocycles. The molecule has 4 amide bonds. The number of imide groups is 1. The highest BCUT2D eigenvalue weighted by atomic mass is 35.5. The summed E-state index contributed by atoms with van der Waals surface area (Å²) < 4.78 is 0. The molecule has 2 N–H and O–H groups in total. The molecule has 0 spiro atoms. The summed E-state index contributed by atoms with van der Waals surface area (Å²) in [7, 11) is 0. The number of anilines is 1. The second-order valence-electron chi connectivity index (χ2n) is 6.92. The van der Waals surface area contributed by atoms with Crippen LogP contribution >= 0.6 is 11.6 Å². The quantitative estimate of drug-likeness (QED) is 0.696. The second-order valence-corrected chi connectivity index (χ2v) is 7.36. The minimum Gasteiger partial charge on any atom is -0.338 e. The van der Waals surface area contributed by atoms with Crippen LogP contribution in [0.5, 0.6) is 0 Å². The van der Waals surface area contributed by atoms with Crippen molar-refractivity contribution in [3.05, 3.63) is 29.3 Å². The van der Waals surface area contributed by atoms with Crippen molar-refractivity contribution in [2.75, 3.05) is 24.5 Å². The van der Waals surface area contributed by atoms with E-state index in [4.69, 9.17) is 11.6 Å². The van der Waals surface area contributed by atoms with Gasteiger partial charge in [0.05, 0.1) is 5.69 Å². The molecule has 2 aliphatic rings. The fourth-order valence-corrected chi connectivity index (χ4v) is 3.76. The van der Waals surface area contributed by atoms with Crippen LogP contribution in [0, 0.1) is 0 Å². The first-order chi connectivity index (χ1) is 13.0. The van der Waals surface area contributed by atoms with E-state index in [2.05, 4.69) is 10.6 Å². The Labute approximate surface area is 164 Å². The molecule has 2 atom stereocenters. The maximum atomic E-state index is 12.7. The lowest BCUT2D eigenvalue weighted by molar-refractivity contribution is -0.133. The highest BCUT2D eigenvalue weighted by Gasteiger charge is 2.39. The molecule has 0 saturated carbocycles. The number of halogens is 1. The number of carbonyl (C=O) groups excluding carboxylic acids is 3. The lowest BCUT2D eigenvalue weighted by Crippen LogP contribution is -2.42. The molecule has 2 saturated heterocycles. The largest absolute Gasteiger partial charge is 0.338 e. The van der Waals surface area contributed by atoms with Crippen molar-refractivity contribution in [2.24, 2.45) is 0 Å². The van der Waals surface area contributed by atoms with Crippen LogP contribution in [0.25, 0.3) is 0 Å². The van der Waals surface area contributed by atoms with Gasteiger partial charge in [0.15, 0.2) is 0 Å². The summed E-state index contributed by atoms with van der Waals surface area (Å²) in [6, 6.07) is 5.59. The van der Waals surface area contributed by atoms with Crippen molar-refractivity contribution >= 4 is 35.1 Å². The van der Waals surface area contributed by atoms with Gasteiger partial charge in [0.25, 0.3) is 5.91 Å². The molecule has 146 valence electrons. The maximum absolute atomic E-state index is 12.7. The van der Waals surface area contributed by atoms with Crippen molar-refractivity contribution in [2.45, 2.75) is 44.7 Å². The number of rotatable bonds is 7. The average Bonchev–Trinajstić information content (AvgIpc) is 3.27. The predicted octanol–water partition coefficient (Wildman–Crippen LogP) is 2.15. The zero-order valence-electron chi connectivity index (χ0n) is 15.4. The van der Waals surface area contributed by atoms with E-state index in [1.807, 2.05) is 11.8 Å². The minimum absolute atomic E-state index is 0.0394. The highest BCUT2D eigenvalue weighted by Crippen LogP contribution is 2.23. The Balaban J connectivity index is 1.60. The molecule has 7 nitrogen and oxygen atoms in total. The van der Waals surface area contributed by atoms with Gasteiger partial charge in [-0.25, -0.2) is 9.69 Å². The highest BCUT2D eigenvalue weighted by molar-refractivity contribution is 6.30. The van der Waals surface area contributed by atoms with Gasteiger partial charge in [-0.1, -0.05) is 18.5 Å². The Kier molecular flexibility index (Phi) is 6.34. The van der Waals surface area contributed by atoms with Crippen LogP contribution in [-0.2, 0) is 9.59 Å². The molecule has 1 aromatic rings. The topological polar surface area (TPSA) is 81.8 Å². The molecule has 2 fully saturated rings.